The highest BCUT2D eigenvalue weighted by Crippen LogP contribution is 2.55. The van der Waals surface area contributed by atoms with Crippen LogP contribution in [0, 0.1) is 11.8 Å². The van der Waals surface area contributed by atoms with Crippen molar-refractivity contribution in [1.82, 2.24) is 0 Å². The van der Waals surface area contributed by atoms with Crippen molar-refractivity contribution in [3.8, 4) is 0 Å². The van der Waals surface area contributed by atoms with Crippen molar-refractivity contribution in [3.05, 3.63) is 152 Å². The molecule has 0 radical (unpaired) electrons. The van der Waals surface area contributed by atoms with Gasteiger partial charge in [-0.1, -0.05) is 72.8 Å². The summed E-state index contributed by atoms with van der Waals surface area (Å²) in [5.41, 5.74) is 6.96. The minimum Gasteiger partial charge on any atom is -0.289 e. The highest BCUT2D eigenvalue weighted by atomic mass is 16.1. The molecule has 0 saturated carbocycles. The summed E-state index contributed by atoms with van der Waals surface area (Å²) in [6, 6.07) is 13.9. The Morgan fingerprint density at radius 2 is 1.14 bits per heavy atom. The molecule has 2 aromatic carbocycles. The maximum absolute atomic E-state index is 13.6. The summed E-state index contributed by atoms with van der Waals surface area (Å²) in [5.74, 6) is -0.975. The maximum Gasteiger partial charge on any atom is 0.194 e. The third-order valence-electron chi connectivity index (χ3n) is 8.15. The van der Waals surface area contributed by atoms with Crippen LogP contribution in [0.2, 0.25) is 0 Å². The van der Waals surface area contributed by atoms with Crippen LogP contribution >= 0.6 is 0 Å². The molecule has 6 aliphatic rings. The summed E-state index contributed by atoms with van der Waals surface area (Å²) >= 11 is 0. The van der Waals surface area contributed by atoms with Crippen LogP contribution in [-0.2, 0) is 0 Å². The third kappa shape index (κ3) is 2.20. The molecule has 168 valence electrons. The Hall–Kier alpha value is -4.70. The Morgan fingerprint density at radius 3 is 1.83 bits per heavy atom. The van der Waals surface area contributed by atoms with E-state index in [1.54, 1.807) is 48.5 Å². The average molecular weight is 464 g/mol. The van der Waals surface area contributed by atoms with E-state index in [0.717, 1.165) is 22.3 Å². The highest BCUT2D eigenvalue weighted by Gasteiger charge is 2.48. The van der Waals surface area contributed by atoms with E-state index in [2.05, 4.69) is 0 Å². The van der Waals surface area contributed by atoms with Crippen molar-refractivity contribution in [1.29, 1.82) is 0 Å². The van der Waals surface area contributed by atoms with Gasteiger partial charge in [-0.2, -0.15) is 0 Å². The minimum absolute atomic E-state index is 0.144. The quantitative estimate of drug-likeness (QED) is 0.532. The van der Waals surface area contributed by atoms with Crippen molar-refractivity contribution in [2.45, 2.75) is 0 Å². The van der Waals surface area contributed by atoms with Crippen LogP contribution in [0.15, 0.2) is 130 Å². The Labute approximate surface area is 206 Å². The SMILES string of the molecule is O=C1C2=CC3=CC=C4C5=C(C=C6C=CC(=C2C(=O)c2ccccc21)[C@@H]3[C@H]64)C(=O)c1ccccc1C5=O. The molecule has 0 saturated heterocycles. The lowest BCUT2D eigenvalue weighted by atomic mass is 9.58. The molecular weight excluding hydrogens is 448 g/mol. The lowest BCUT2D eigenvalue weighted by Crippen LogP contribution is -2.37. The summed E-state index contributed by atoms with van der Waals surface area (Å²) in [6.45, 7) is 0. The zero-order valence-corrected chi connectivity index (χ0v) is 18.9. The average Bonchev–Trinajstić information content (AvgIpc) is 2.92. The standard InChI is InChI=1S/C32H16O4/c33-29-17-5-1-3-7-19(17)31(35)27-21-11-10-16-14-24-28(32(36)20-8-4-2-6-18(20)30(24)34)22-12-9-15(13-23(27)29)25(21)26(16)22/h1-14,25-26H/t25-,26-/m1/s1. The summed E-state index contributed by atoms with van der Waals surface area (Å²) < 4.78 is 0. The van der Waals surface area contributed by atoms with Crippen LogP contribution in [0.25, 0.3) is 0 Å². The van der Waals surface area contributed by atoms with Gasteiger partial charge in [-0.25, -0.2) is 0 Å². The van der Waals surface area contributed by atoms with Gasteiger partial charge in [-0.3, -0.25) is 19.2 Å². The first-order valence-corrected chi connectivity index (χ1v) is 11.9. The Bertz CT molecular complexity index is 1790. The van der Waals surface area contributed by atoms with Gasteiger partial charge in [0.15, 0.2) is 23.1 Å². The van der Waals surface area contributed by atoms with Crippen LogP contribution < -0.4 is 0 Å². The minimum atomic E-state index is -0.198. The van der Waals surface area contributed by atoms with Gasteiger partial charge >= 0.3 is 0 Å². The van der Waals surface area contributed by atoms with Crippen LogP contribution in [0.3, 0.4) is 0 Å². The molecule has 6 aliphatic carbocycles. The van der Waals surface area contributed by atoms with Gasteiger partial charge in [0.2, 0.25) is 0 Å². The lowest BCUT2D eigenvalue weighted by Gasteiger charge is -2.44. The first kappa shape index (κ1) is 19.6. The number of carbonyl (C=O) groups excluding carboxylic acids is 4. The predicted octanol–water partition coefficient (Wildman–Crippen LogP) is 5.29. The highest BCUT2D eigenvalue weighted by molar-refractivity contribution is 6.32. The molecule has 0 spiro atoms. The fourth-order valence-electron chi connectivity index (χ4n) is 6.61. The van der Waals surface area contributed by atoms with Gasteiger partial charge in [0.25, 0.3) is 0 Å². The maximum atomic E-state index is 13.6. The molecule has 0 amide bonds. The number of ketones is 4. The van der Waals surface area contributed by atoms with Gasteiger partial charge in [0.1, 0.15) is 0 Å². The number of Topliss-reactive ketones (excluding diaryl/α,β-unsaturated/α-hetero) is 4. The molecule has 0 heterocycles. The molecule has 4 nitrogen and oxygen atoms in total. The lowest BCUT2D eigenvalue weighted by molar-refractivity contribution is 0.0970. The molecule has 4 heteroatoms. The van der Waals surface area contributed by atoms with Crippen molar-refractivity contribution in [2.24, 2.45) is 11.8 Å². The van der Waals surface area contributed by atoms with Crippen molar-refractivity contribution in [2.75, 3.05) is 0 Å². The molecule has 0 N–H and O–H groups in total. The summed E-state index contributed by atoms with van der Waals surface area (Å²) in [4.78, 5) is 54.1. The second-order valence-corrected chi connectivity index (χ2v) is 9.81. The Balaban J connectivity index is 1.38. The van der Waals surface area contributed by atoms with E-state index in [1.807, 2.05) is 36.5 Å². The topological polar surface area (TPSA) is 68.3 Å². The number of fused-ring (bicyclic) bond motifs is 4. The van der Waals surface area contributed by atoms with Crippen LogP contribution in [-0.4, -0.2) is 23.1 Å². The van der Waals surface area contributed by atoms with Crippen molar-refractivity contribution >= 4 is 23.1 Å². The number of benzene rings is 2. The van der Waals surface area contributed by atoms with E-state index in [9.17, 15) is 19.2 Å². The van der Waals surface area contributed by atoms with Crippen molar-refractivity contribution < 1.29 is 19.2 Å². The molecule has 2 atom stereocenters. The zero-order chi connectivity index (χ0) is 24.3. The second-order valence-electron chi connectivity index (χ2n) is 9.81. The first-order valence-electron chi connectivity index (χ1n) is 11.9. The van der Waals surface area contributed by atoms with Gasteiger partial charge < -0.3 is 0 Å². The fraction of sp³-hybridized carbons (Fsp3) is 0.0625. The molecule has 0 fully saturated rings. The van der Waals surface area contributed by atoms with Gasteiger partial charge in [0, 0.05) is 56.4 Å². The first-order chi connectivity index (χ1) is 17.5. The molecule has 2 aromatic rings. The smallest absolute Gasteiger partial charge is 0.194 e. The molecule has 8 rings (SSSR count). The normalized spacial score (nSPS) is 24.7. The van der Waals surface area contributed by atoms with Gasteiger partial charge in [-0.05, 0) is 34.4 Å². The second kappa shape index (κ2) is 6.49. The molecule has 0 aliphatic heterocycles. The largest absolute Gasteiger partial charge is 0.289 e. The van der Waals surface area contributed by atoms with Crippen molar-refractivity contribution in [3.63, 3.8) is 0 Å². The molecule has 36 heavy (non-hydrogen) atoms. The monoisotopic (exact) mass is 464 g/mol. The summed E-state index contributed by atoms with van der Waals surface area (Å²) in [5, 5.41) is 0. The van der Waals surface area contributed by atoms with Gasteiger partial charge in [-0.15, -0.1) is 0 Å². The van der Waals surface area contributed by atoms with Crippen LogP contribution in [0.5, 0.6) is 0 Å². The van der Waals surface area contributed by atoms with Crippen LogP contribution in [0.1, 0.15) is 41.4 Å². The van der Waals surface area contributed by atoms with E-state index in [0.29, 0.717) is 44.5 Å². The Kier molecular flexibility index (Phi) is 3.53. The Morgan fingerprint density at radius 1 is 0.528 bits per heavy atom. The summed E-state index contributed by atoms with van der Waals surface area (Å²) in [7, 11) is 0. The predicted molar refractivity (Wildman–Crippen MR) is 133 cm³/mol. The van der Waals surface area contributed by atoms with E-state index >= 15 is 0 Å². The fourth-order valence-corrected chi connectivity index (χ4v) is 6.61. The molecule has 0 aromatic heterocycles. The molecular formula is C32H16O4. The summed E-state index contributed by atoms with van der Waals surface area (Å²) in [6.07, 6.45) is 11.4. The van der Waals surface area contributed by atoms with E-state index in [4.69, 9.17) is 0 Å². The van der Waals surface area contributed by atoms with E-state index in [-0.39, 0.29) is 35.0 Å². The third-order valence-corrected chi connectivity index (χ3v) is 8.15. The molecule has 0 unspecified atom stereocenters. The van der Waals surface area contributed by atoms with E-state index in [1.165, 1.54) is 0 Å². The number of hydrogen-bond acceptors (Lipinski definition) is 4. The number of hydrogen-bond donors (Lipinski definition) is 0. The van der Waals surface area contributed by atoms with Crippen LogP contribution in [0.4, 0.5) is 0 Å². The van der Waals surface area contributed by atoms with E-state index < -0.39 is 0 Å². The number of carbonyl (C=O) groups is 4. The number of allylic oxidation sites excluding steroid dienone is 14. The van der Waals surface area contributed by atoms with Gasteiger partial charge in [0.05, 0.1) is 0 Å². The number of rotatable bonds is 0. The zero-order valence-electron chi connectivity index (χ0n) is 18.9. The molecule has 0 bridgehead atoms.